The first-order valence-corrected chi connectivity index (χ1v) is 21.9. The van der Waals surface area contributed by atoms with Crippen LogP contribution in [-0.2, 0) is 0 Å². The van der Waals surface area contributed by atoms with E-state index < -0.39 is 0 Å². The van der Waals surface area contributed by atoms with Gasteiger partial charge in [-0.25, -0.2) is 4.98 Å². The number of hydrogen-bond donors (Lipinski definition) is 0. The molecule has 0 spiro atoms. The quantitative estimate of drug-likeness (QED) is 0.160. The highest BCUT2D eigenvalue weighted by molar-refractivity contribution is 6.24. The molecule has 0 N–H and O–H groups in total. The summed E-state index contributed by atoms with van der Waals surface area (Å²) in [6.07, 6.45) is 6.23. The van der Waals surface area contributed by atoms with Crippen LogP contribution >= 0.6 is 0 Å². The number of fused-ring (bicyclic) bond motifs is 11. The van der Waals surface area contributed by atoms with Gasteiger partial charge in [0.05, 0.1) is 39.0 Å². The summed E-state index contributed by atoms with van der Waals surface area (Å²) in [6, 6.07) is 63.6. The van der Waals surface area contributed by atoms with E-state index in [1.165, 1.54) is 10.8 Å². The summed E-state index contributed by atoms with van der Waals surface area (Å²) in [6.45, 7) is 6.59. The van der Waals surface area contributed by atoms with Crippen molar-refractivity contribution in [1.82, 2.24) is 28.7 Å². The van der Waals surface area contributed by atoms with Crippen LogP contribution in [0.1, 0.15) is 18.2 Å². The maximum Gasteiger partial charge on any atom is 0.238 e. The van der Waals surface area contributed by atoms with E-state index in [0.29, 0.717) is 17.6 Å². The third-order valence-corrected chi connectivity index (χ3v) is 12.8. The molecule has 0 aliphatic carbocycles. The average molecular weight is 835 g/mol. The number of allylic oxidation sites excluding steroid dienone is 1. The molecule has 306 valence electrons. The zero-order valence-electron chi connectivity index (χ0n) is 35.4. The van der Waals surface area contributed by atoms with Crippen molar-refractivity contribution in [2.24, 2.45) is 0 Å². The lowest BCUT2D eigenvalue weighted by molar-refractivity contribution is 0.669. The number of para-hydroxylation sites is 5. The summed E-state index contributed by atoms with van der Waals surface area (Å²) in [7, 11) is 0. The number of benzene rings is 8. The van der Waals surface area contributed by atoms with Gasteiger partial charge in [0.2, 0.25) is 5.95 Å². The predicted octanol–water partition coefficient (Wildman–Crippen LogP) is 14.9. The van der Waals surface area contributed by atoms with Crippen molar-refractivity contribution in [3.8, 4) is 40.1 Å². The van der Waals surface area contributed by atoms with Gasteiger partial charge in [-0.3, -0.25) is 4.57 Å². The Hall–Kier alpha value is -8.81. The molecular weight excluding hydrogens is 797 g/mol. The number of nitrogens with zero attached hydrogens (tertiary/aromatic N) is 6. The molecule has 0 atom stereocenters. The van der Waals surface area contributed by atoms with Gasteiger partial charge in [0, 0.05) is 60.1 Å². The van der Waals surface area contributed by atoms with Crippen LogP contribution in [0.15, 0.2) is 199 Å². The van der Waals surface area contributed by atoms with Crippen LogP contribution in [0.3, 0.4) is 0 Å². The van der Waals surface area contributed by atoms with Crippen LogP contribution in [0.25, 0.3) is 129 Å². The van der Waals surface area contributed by atoms with Crippen molar-refractivity contribution in [2.45, 2.75) is 6.92 Å². The van der Waals surface area contributed by atoms with Crippen LogP contribution < -0.4 is 0 Å². The minimum atomic E-state index is 0.480. The molecule has 0 radical (unpaired) electrons. The fourth-order valence-corrected chi connectivity index (χ4v) is 10.1. The molecule has 8 aromatic carbocycles. The molecule has 65 heavy (non-hydrogen) atoms. The molecule has 0 aliphatic heterocycles. The number of rotatable bonds is 7. The smallest absolute Gasteiger partial charge is 0.238 e. The first-order valence-electron chi connectivity index (χ1n) is 21.9. The third kappa shape index (κ3) is 5.45. The first kappa shape index (κ1) is 36.8. The van der Waals surface area contributed by atoms with E-state index in [0.717, 1.165) is 99.4 Å². The van der Waals surface area contributed by atoms with Gasteiger partial charge in [-0.15, -0.1) is 0 Å². The van der Waals surface area contributed by atoms with E-state index in [1.54, 1.807) is 0 Å². The van der Waals surface area contributed by atoms with E-state index in [1.807, 2.05) is 60.7 Å². The van der Waals surface area contributed by atoms with Gasteiger partial charge in [-0.1, -0.05) is 146 Å². The van der Waals surface area contributed by atoms with E-state index >= 15 is 0 Å². The second-order valence-electron chi connectivity index (χ2n) is 16.4. The lowest BCUT2D eigenvalue weighted by atomic mass is 10.0. The molecular formula is C58H38N6O. The number of hydrogen-bond acceptors (Lipinski definition) is 4. The van der Waals surface area contributed by atoms with Crippen molar-refractivity contribution in [1.29, 1.82) is 0 Å². The van der Waals surface area contributed by atoms with Gasteiger partial charge in [0.1, 0.15) is 11.2 Å². The molecule has 13 aromatic rings. The molecule has 7 nitrogen and oxygen atoms in total. The number of furan rings is 1. The van der Waals surface area contributed by atoms with Crippen molar-refractivity contribution >= 4 is 88.6 Å². The van der Waals surface area contributed by atoms with E-state index in [-0.39, 0.29) is 0 Å². The highest BCUT2D eigenvalue weighted by Crippen LogP contribution is 2.46. The Bertz CT molecular complexity index is 4040. The Morgan fingerprint density at radius 2 is 1.05 bits per heavy atom. The Balaban J connectivity index is 1.23. The molecule has 0 saturated carbocycles. The summed E-state index contributed by atoms with van der Waals surface area (Å²) in [5.74, 6) is 1.57. The van der Waals surface area contributed by atoms with Crippen LogP contribution in [-0.4, -0.2) is 28.7 Å². The molecule has 0 saturated heterocycles. The van der Waals surface area contributed by atoms with Crippen LogP contribution in [0.4, 0.5) is 0 Å². The molecule has 5 aromatic heterocycles. The van der Waals surface area contributed by atoms with E-state index in [4.69, 9.17) is 19.4 Å². The fourth-order valence-electron chi connectivity index (χ4n) is 10.1. The molecule has 7 heteroatoms. The molecule has 0 aliphatic rings. The Morgan fingerprint density at radius 3 is 1.72 bits per heavy atom. The summed E-state index contributed by atoms with van der Waals surface area (Å²) in [4.78, 5) is 16.1. The second kappa shape index (κ2) is 14.4. The Morgan fingerprint density at radius 1 is 0.477 bits per heavy atom. The van der Waals surface area contributed by atoms with Gasteiger partial charge in [-0.2, -0.15) is 9.97 Å². The van der Waals surface area contributed by atoms with E-state index in [2.05, 4.69) is 167 Å². The minimum absolute atomic E-state index is 0.480. The maximum atomic E-state index is 6.41. The van der Waals surface area contributed by atoms with Crippen molar-refractivity contribution in [2.75, 3.05) is 0 Å². The van der Waals surface area contributed by atoms with Gasteiger partial charge in [0.25, 0.3) is 0 Å². The lowest BCUT2D eigenvalue weighted by Crippen LogP contribution is -2.09. The molecule has 13 rings (SSSR count). The van der Waals surface area contributed by atoms with Gasteiger partial charge >= 0.3 is 0 Å². The summed E-state index contributed by atoms with van der Waals surface area (Å²) in [5, 5.41) is 7.77. The normalized spacial score (nSPS) is 12.1. The second-order valence-corrected chi connectivity index (χ2v) is 16.4. The lowest BCUT2D eigenvalue weighted by Gasteiger charge is -2.16. The largest absolute Gasteiger partial charge is 0.456 e. The molecule has 0 fully saturated rings. The average Bonchev–Trinajstić information content (AvgIpc) is 4.10. The first-order chi connectivity index (χ1) is 32.2. The zero-order valence-corrected chi connectivity index (χ0v) is 35.4. The summed E-state index contributed by atoms with van der Waals surface area (Å²) >= 11 is 0. The minimum Gasteiger partial charge on any atom is -0.456 e. The molecule has 5 heterocycles. The van der Waals surface area contributed by atoms with E-state index in [9.17, 15) is 0 Å². The van der Waals surface area contributed by atoms with Crippen molar-refractivity contribution in [3.05, 3.63) is 206 Å². The molecule has 0 unspecified atom stereocenters. The molecule has 0 bridgehead atoms. The van der Waals surface area contributed by atoms with Crippen LogP contribution in [0, 0.1) is 0 Å². The van der Waals surface area contributed by atoms with Crippen LogP contribution in [0.5, 0.6) is 0 Å². The van der Waals surface area contributed by atoms with Gasteiger partial charge in [0.15, 0.2) is 11.6 Å². The SMILES string of the molecule is C=Cc1c(/C=C\C)n(-c2nc(-c3ccccc3)nc(-c3ccc4c(c3)oc3ccccc34)n2)c2c(-n3c4ccccc4c4ccccc43)cc3c4ccccc4n(-c4ccccc4)c3c12. The topological polar surface area (TPSA) is 66.6 Å². The summed E-state index contributed by atoms with van der Waals surface area (Å²) < 4.78 is 13.5. The van der Waals surface area contributed by atoms with Crippen molar-refractivity contribution in [3.63, 3.8) is 0 Å². The van der Waals surface area contributed by atoms with Crippen LogP contribution in [0.2, 0.25) is 0 Å². The number of aromatic nitrogens is 6. The van der Waals surface area contributed by atoms with Crippen molar-refractivity contribution < 1.29 is 4.42 Å². The Kier molecular flexibility index (Phi) is 8.14. The fraction of sp³-hybridized carbons (Fsp3) is 0.0172. The maximum absolute atomic E-state index is 6.41. The van der Waals surface area contributed by atoms with Gasteiger partial charge < -0.3 is 13.6 Å². The van der Waals surface area contributed by atoms with Gasteiger partial charge in [-0.05, 0) is 67.6 Å². The highest BCUT2D eigenvalue weighted by atomic mass is 16.3. The monoisotopic (exact) mass is 834 g/mol. The molecule has 0 amide bonds. The predicted molar refractivity (Wildman–Crippen MR) is 268 cm³/mol. The third-order valence-electron chi connectivity index (χ3n) is 12.8. The summed E-state index contributed by atoms with van der Waals surface area (Å²) in [5.41, 5.74) is 12.6. The standard InChI is InChI=1S/C58H38N6O/c1-3-19-46-39(4-2)53-54-45(42-26-13-15-28-47(42)62(54)38-22-9-6-10-23-38)35-50(63-48-29-16-11-24-40(48)41-25-12-17-30-49(41)63)55(53)64(46)58-60-56(36-20-7-5-8-21-36)59-57(61-58)37-32-33-44-43-27-14-18-31-51(43)65-52(44)34-37/h3-35H,2H2,1H3/b19-3-. The highest BCUT2D eigenvalue weighted by Gasteiger charge is 2.29. The Labute approximate surface area is 373 Å². The zero-order chi connectivity index (χ0) is 43.2.